The fraction of sp³-hybridized carbons (Fsp3) is 0.400. The molecule has 0 fully saturated rings. The van der Waals surface area contributed by atoms with Gasteiger partial charge in [0, 0.05) is 18.5 Å². The second-order valence-electron chi connectivity index (χ2n) is 3.20. The second-order valence-corrected chi connectivity index (χ2v) is 3.58. The maximum Gasteiger partial charge on any atom is 0.177 e. The highest BCUT2D eigenvalue weighted by atomic mass is 35.5. The minimum Gasteiger partial charge on any atom is -0.341 e. The fourth-order valence-corrected chi connectivity index (χ4v) is 1.59. The van der Waals surface area contributed by atoms with Crippen LogP contribution in [0, 0.1) is 0 Å². The van der Waals surface area contributed by atoms with Crippen molar-refractivity contribution in [3.8, 4) is 0 Å². The predicted molar refractivity (Wildman–Crippen MR) is 57.5 cm³/mol. The van der Waals surface area contributed by atoms with Crippen LogP contribution in [0.2, 0.25) is 0 Å². The Morgan fingerprint density at radius 2 is 2.29 bits per heavy atom. The van der Waals surface area contributed by atoms with Crippen LogP contribution >= 0.6 is 11.6 Å². The third kappa shape index (κ3) is 2.04. The van der Waals surface area contributed by atoms with Gasteiger partial charge in [0.1, 0.15) is 5.82 Å². The third-order valence-electron chi connectivity index (χ3n) is 2.10. The summed E-state index contributed by atoms with van der Waals surface area (Å²) in [6.07, 6.45) is 4.81. The highest BCUT2D eigenvalue weighted by Gasteiger charge is 2.01. The van der Waals surface area contributed by atoms with Crippen molar-refractivity contribution in [2.45, 2.75) is 19.3 Å². The standard InChI is InChI=1S/C10H12ClN3/c11-6-2-1-5-9-13-8-4-3-7-12-10(8)14-9/h3-4,7H,1-2,5-6H2,(H,12,13,14). The Morgan fingerprint density at radius 3 is 3.07 bits per heavy atom. The number of hydrogen-bond donors (Lipinski definition) is 1. The van der Waals surface area contributed by atoms with E-state index < -0.39 is 0 Å². The number of aromatic nitrogens is 3. The number of pyridine rings is 1. The molecule has 0 aliphatic heterocycles. The van der Waals surface area contributed by atoms with Crippen molar-refractivity contribution >= 4 is 22.8 Å². The van der Waals surface area contributed by atoms with Crippen molar-refractivity contribution in [3.63, 3.8) is 0 Å². The number of halogens is 1. The molecule has 3 nitrogen and oxygen atoms in total. The summed E-state index contributed by atoms with van der Waals surface area (Å²) in [5.74, 6) is 1.72. The number of aryl methyl sites for hydroxylation is 1. The van der Waals surface area contributed by atoms with Crippen LogP contribution in [-0.4, -0.2) is 20.8 Å². The van der Waals surface area contributed by atoms with E-state index in [9.17, 15) is 0 Å². The highest BCUT2D eigenvalue weighted by Crippen LogP contribution is 2.09. The number of unbranched alkanes of at least 4 members (excludes halogenated alkanes) is 1. The zero-order valence-electron chi connectivity index (χ0n) is 7.83. The Balaban J connectivity index is 2.11. The van der Waals surface area contributed by atoms with Crippen LogP contribution in [0.1, 0.15) is 18.7 Å². The van der Waals surface area contributed by atoms with Crippen molar-refractivity contribution < 1.29 is 0 Å². The second kappa shape index (κ2) is 4.42. The van der Waals surface area contributed by atoms with Crippen LogP contribution in [0.5, 0.6) is 0 Å². The first-order valence-corrected chi connectivity index (χ1v) is 5.29. The zero-order chi connectivity index (χ0) is 9.80. The van der Waals surface area contributed by atoms with Gasteiger partial charge in [-0.05, 0) is 25.0 Å². The maximum atomic E-state index is 5.60. The molecule has 0 radical (unpaired) electrons. The van der Waals surface area contributed by atoms with E-state index in [1.165, 1.54) is 0 Å². The molecule has 14 heavy (non-hydrogen) atoms. The number of hydrogen-bond acceptors (Lipinski definition) is 2. The highest BCUT2D eigenvalue weighted by molar-refractivity contribution is 6.17. The van der Waals surface area contributed by atoms with E-state index in [0.29, 0.717) is 0 Å². The molecule has 0 aliphatic carbocycles. The smallest absolute Gasteiger partial charge is 0.177 e. The van der Waals surface area contributed by atoms with Crippen molar-refractivity contribution in [3.05, 3.63) is 24.2 Å². The molecule has 2 heterocycles. The summed E-state index contributed by atoms with van der Waals surface area (Å²) in [7, 11) is 0. The molecule has 0 saturated heterocycles. The van der Waals surface area contributed by atoms with E-state index in [4.69, 9.17) is 11.6 Å². The van der Waals surface area contributed by atoms with Gasteiger partial charge < -0.3 is 4.98 Å². The molecule has 0 aliphatic rings. The Bertz CT molecular complexity index is 377. The van der Waals surface area contributed by atoms with Crippen molar-refractivity contribution in [2.75, 3.05) is 5.88 Å². The monoisotopic (exact) mass is 209 g/mol. The molecule has 0 saturated carbocycles. The van der Waals surface area contributed by atoms with Crippen LogP contribution in [-0.2, 0) is 6.42 Å². The minimum absolute atomic E-state index is 0.721. The average molecular weight is 210 g/mol. The Hall–Kier alpha value is -1.09. The molecule has 1 N–H and O–H groups in total. The summed E-state index contributed by atoms with van der Waals surface area (Å²) in [5, 5.41) is 0. The quantitative estimate of drug-likeness (QED) is 0.621. The summed E-state index contributed by atoms with van der Waals surface area (Å²) >= 11 is 5.60. The summed E-state index contributed by atoms with van der Waals surface area (Å²) < 4.78 is 0. The van der Waals surface area contributed by atoms with Crippen LogP contribution in [0.25, 0.3) is 11.2 Å². The van der Waals surface area contributed by atoms with Crippen LogP contribution in [0.4, 0.5) is 0 Å². The summed E-state index contributed by atoms with van der Waals surface area (Å²) in [5.41, 5.74) is 1.81. The van der Waals surface area contributed by atoms with Crippen molar-refractivity contribution in [2.24, 2.45) is 0 Å². The normalized spacial score (nSPS) is 10.9. The Morgan fingerprint density at radius 1 is 1.36 bits per heavy atom. The molecule has 0 aromatic carbocycles. The van der Waals surface area contributed by atoms with Gasteiger partial charge in [-0.25, -0.2) is 9.97 Å². The lowest BCUT2D eigenvalue weighted by molar-refractivity contribution is 0.768. The Kier molecular flexibility index (Phi) is 2.99. The van der Waals surface area contributed by atoms with Gasteiger partial charge >= 0.3 is 0 Å². The van der Waals surface area contributed by atoms with E-state index in [1.807, 2.05) is 12.1 Å². The lowest BCUT2D eigenvalue weighted by Crippen LogP contribution is -1.88. The van der Waals surface area contributed by atoms with Gasteiger partial charge in [-0.3, -0.25) is 0 Å². The molecule has 2 rings (SSSR count). The van der Waals surface area contributed by atoms with E-state index in [-0.39, 0.29) is 0 Å². The Labute approximate surface area is 87.5 Å². The van der Waals surface area contributed by atoms with E-state index in [0.717, 1.165) is 42.1 Å². The number of H-pyrrole nitrogens is 1. The van der Waals surface area contributed by atoms with Gasteiger partial charge in [0.15, 0.2) is 5.65 Å². The van der Waals surface area contributed by atoms with Crippen molar-refractivity contribution in [1.29, 1.82) is 0 Å². The van der Waals surface area contributed by atoms with Gasteiger partial charge in [0.25, 0.3) is 0 Å². The molecule has 2 aromatic rings. The first-order chi connectivity index (χ1) is 6.90. The van der Waals surface area contributed by atoms with Gasteiger partial charge in [0.2, 0.25) is 0 Å². The third-order valence-corrected chi connectivity index (χ3v) is 2.37. The van der Waals surface area contributed by atoms with E-state index in [1.54, 1.807) is 6.20 Å². The fourth-order valence-electron chi connectivity index (χ4n) is 1.40. The summed E-state index contributed by atoms with van der Waals surface area (Å²) in [6, 6.07) is 3.89. The molecule has 2 aromatic heterocycles. The molecule has 0 amide bonds. The van der Waals surface area contributed by atoms with Crippen LogP contribution in [0.15, 0.2) is 18.3 Å². The molecular formula is C10H12ClN3. The number of aromatic amines is 1. The number of alkyl halides is 1. The lowest BCUT2D eigenvalue weighted by Gasteiger charge is -1.92. The first kappa shape index (κ1) is 9.46. The first-order valence-electron chi connectivity index (χ1n) is 4.76. The number of nitrogens with one attached hydrogen (secondary N) is 1. The molecule has 0 unspecified atom stereocenters. The predicted octanol–water partition coefficient (Wildman–Crippen LogP) is 2.52. The van der Waals surface area contributed by atoms with Crippen LogP contribution < -0.4 is 0 Å². The summed E-state index contributed by atoms with van der Waals surface area (Å²) in [6.45, 7) is 0. The lowest BCUT2D eigenvalue weighted by atomic mass is 10.2. The topological polar surface area (TPSA) is 41.6 Å². The SMILES string of the molecule is ClCCCCc1nc2ncccc2[nH]1. The number of nitrogens with zero attached hydrogens (tertiary/aromatic N) is 2. The largest absolute Gasteiger partial charge is 0.341 e. The van der Waals surface area contributed by atoms with Gasteiger partial charge in [-0.15, -0.1) is 11.6 Å². The molecule has 0 bridgehead atoms. The molecule has 0 atom stereocenters. The molecule has 74 valence electrons. The molecule has 0 spiro atoms. The van der Waals surface area contributed by atoms with E-state index in [2.05, 4.69) is 15.0 Å². The number of imidazole rings is 1. The van der Waals surface area contributed by atoms with Gasteiger partial charge in [-0.2, -0.15) is 0 Å². The summed E-state index contributed by atoms with van der Waals surface area (Å²) in [4.78, 5) is 11.8. The molecular weight excluding hydrogens is 198 g/mol. The zero-order valence-corrected chi connectivity index (χ0v) is 8.59. The average Bonchev–Trinajstić information content (AvgIpc) is 2.60. The van der Waals surface area contributed by atoms with Crippen LogP contribution in [0.3, 0.4) is 0 Å². The minimum atomic E-state index is 0.721. The van der Waals surface area contributed by atoms with Crippen molar-refractivity contribution in [1.82, 2.24) is 15.0 Å². The maximum absolute atomic E-state index is 5.60. The number of fused-ring (bicyclic) bond motifs is 1. The molecule has 4 heteroatoms. The van der Waals surface area contributed by atoms with Gasteiger partial charge in [0.05, 0.1) is 5.52 Å². The van der Waals surface area contributed by atoms with E-state index >= 15 is 0 Å². The number of rotatable bonds is 4. The van der Waals surface area contributed by atoms with Gasteiger partial charge in [-0.1, -0.05) is 0 Å².